The summed E-state index contributed by atoms with van der Waals surface area (Å²) in [5.74, 6) is -1.34. The molecule has 0 radical (unpaired) electrons. The molecular weight excluding hydrogens is 307 g/mol. The predicted molar refractivity (Wildman–Crippen MR) is 57.8 cm³/mol. The number of alkyl halides is 3. The summed E-state index contributed by atoms with van der Waals surface area (Å²) in [6.07, 6.45) is -2.06. The molecule has 0 aliphatic heterocycles. The van der Waals surface area contributed by atoms with Crippen LogP contribution in [0.4, 0.5) is 8.78 Å². The molecule has 1 aromatic heterocycles. The van der Waals surface area contributed by atoms with E-state index in [0.717, 1.165) is 0 Å². The Hall–Kier alpha value is -0.750. The van der Waals surface area contributed by atoms with Crippen molar-refractivity contribution < 1.29 is 18.7 Å². The van der Waals surface area contributed by atoms with Crippen molar-refractivity contribution in [3.63, 3.8) is 0 Å². The van der Waals surface area contributed by atoms with Gasteiger partial charge >= 0.3 is 5.97 Å². The zero-order chi connectivity index (χ0) is 12.3. The Balaban J connectivity index is 3.32. The van der Waals surface area contributed by atoms with Crippen LogP contribution in [0, 0.1) is 0 Å². The lowest BCUT2D eigenvalue weighted by molar-refractivity contribution is -0.136. The van der Waals surface area contributed by atoms with Crippen LogP contribution in [0.15, 0.2) is 10.7 Å². The van der Waals surface area contributed by atoms with Crippen LogP contribution in [-0.2, 0) is 17.1 Å². The second-order valence-corrected chi connectivity index (χ2v) is 4.07. The third kappa shape index (κ3) is 2.89. The van der Waals surface area contributed by atoms with E-state index in [2.05, 4.69) is 20.9 Å². The van der Waals surface area contributed by atoms with Gasteiger partial charge in [-0.05, 0) is 21.5 Å². The van der Waals surface area contributed by atoms with Crippen LogP contribution in [0.1, 0.15) is 23.2 Å². The van der Waals surface area contributed by atoms with Gasteiger partial charge in [-0.1, -0.05) is 0 Å². The first kappa shape index (κ1) is 13.3. The molecule has 0 atom stereocenters. The van der Waals surface area contributed by atoms with Crippen LogP contribution in [0.2, 0.25) is 0 Å². The van der Waals surface area contributed by atoms with Gasteiger partial charge in [0.25, 0.3) is 6.43 Å². The lowest BCUT2D eigenvalue weighted by Crippen LogP contribution is -2.09. The van der Waals surface area contributed by atoms with E-state index in [1.54, 1.807) is 0 Å². The molecule has 0 saturated carbocycles. The van der Waals surface area contributed by atoms with Gasteiger partial charge in [0, 0.05) is 22.1 Å². The molecule has 16 heavy (non-hydrogen) atoms. The van der Waals surface area contributed by atoms with E-state index in [1.165, 1.54) is 6.20 Å². The molecule has 1 N–H and O–H groups in total. The molecule has 88 valence electrons. The molecule has 0 fully saturated rings. The molecule has 0 spiro atoms. The van der Waals surface area contributed by atoms with Gasteiger partial charge in [0.1, 0.15) is 0 Å². The Morgan fingerprint density at radius 1 is 1.62 bits per heavy atom. The number of aliphatic carboxylic acids is 1. The molecule has 0 aromatic carbocycles. The highest BCUT2D eigenvalue weighted by atomic mass is 79.9. The second kappa shape index (κ2) is 5.54. The van der Waals surface area contributed by atoms with Crippen LogP contribution in [-0.4, -0.2) is 16.1 Å². The van der Waals surface area contributed by atoms with E-state index in [4.69, 9.17) is 16.7 Å². The Labute approximate surface area is 104 Å². The normalized spacial score (nSPS) is 10.8. The highest BCUT2D eigenvalue weighted by Gasteiger charge is 2.22. The summed E-state index contributed by atoms with van der Waals surface area (Å²) in [5.41, 5.74) is -0.365. The quantitative estimate of drug-likeness (QED) is 0.869. The van der Waals surface area contributed by atoms with Gasteiger partial charge in [0.2, 0.25) is 0 Å². The number of hydrogen-bond acceptors (Lipinski definition) is 2. The van der Waals surface area contributed by atoms with Crippen LogP contribution < -0.4 is 0 Å². The van der Waals surface area contributed by atoms with Gasteiger partial charge in [0.15, 0.2) is 0 Å². The maximum atomic E-state index is 12.8. The number of aromatic nitrogens is 1. The van der Waals surface area contributed by atoms with Gasteiger partial charge in [-0.2, -0.15) is 0 Å². The van der Waals surface area contributed by atoms with Crippen molar-refractivity contribution in [1.29, 1.82) is 0 Å². The number of halogens is 4. The van der Waals surface area contributed by atoms with Crippen molar-refractivity contribution in [2.24, 2.45) is 0 Å². The minimum absolute atomic E-state index is 0.130. The molecule has 1 rings (SSSR count). The van der Waals surface area contributed by atoms with Crippen LogP contribution in [0.3, 0.4) is 0 Å². The molecule has 0 aliphatic rings. The van der Waals surface area contributed by atoms with E-state index >= 15 is 0 Å². The van der Waals surface area contributed by atoms with E-state index in [9.17, 15) is 13.6 Å². The Kier molecular flexibility index (Phi) is 4.61. The minimum atomic E-state index is -2.80. The molecule has 0 aliphatic carbocycles. The summed E-state index contributed by atoms with van der Waals surface area (Å²) in [7, 11) is 0. The topological polar surface area (TPSA) is 50.2 Å². The Morgan fingerprint density at radius 2 is 2.25 bits per heavy atom. The average molecular weight is 315 g/mol. The fourth-order valence-corrected chi connectivity index (χ4v) is 2.17. The summed E-state index contributed by atoms with van der Waals surface area (Å²) < 4.78 is 25.9. The molecular formula is C9H7BrClF2NO2. The summed E-state index contributed by atoms with van der Waals surface area (Å²) >= 11 is 8.60. The molecule has 0 amide bonds. The molecule has 0 unspecified atom stereocenters. The first-order valence-corrected chi connectivity index (χ1v) is 5.52. The highest BCUT2D eigenvalue weighted by Crippen LogP contribution is 2.31. The number of pyridine rings is 1. The van der Waals surface area contributed by atoms with Crippen LogP contribution in [0.5, 0.6) is 0 Å². The maximum absolute atomic E-state index is 12.8. The van der Waals surface area contributed by atoms with Gasteiger partial charge in [-0.15, -0.1) is 11.6 Å². The fraction of sp³-hybridized carbons (Fsp3) is 0.333. The number of carboxylic acid groups (broad SMARTS) is 1. The average Bonchev–Trinajstić information content (AvgIpc) is 2.18. The van der Waals surface area contributed by atoms with Gasteiger partial charge in [-0.3, -0.25) is 9.78 Å². The van der Waals surface area contributed by atoms with Crippen molar-refractivity contribution in [2.75, 3.05) is 0 Å². The number of nitrogens with zero attached hydrogens (tertiary/aromatic N) is 1. The summed E-state index contributed by atoms with van der Waals surface area (Å²) in [4.78, 5) is 14.2. The van der Waals surface area contributed by atoms with Gasteiger partial charge < -0.3 is 5.11 Å². The predicted octanol–water partition coefficient (Wildman–Crippen LogP) is 3.15. The maximum Gasteiger partial charge on any atom is 0.309 e. The Bertz CT molecular complexity index is 415. The lowest BCUT2D eigenvalue weighted by Gasteiger charge is -2.12. The van der Waals surface area contributed by atoms with E-state index in [1.807, 2.05) is 0 Å². The van der Waals surface area contributed by atoms with Crippen molar-refractivity contribution in [1.82, 2.24) is 4.98 Å². The molecule has 7 heteroatoms. The molecule has 1 heterocycles. The zero-order valence-electron chi connectivity index (χ0n) is 7.88. The van der Waals surface area contributed by atoms with Gasteiger partial charge in [-0.25, -0.2) is 8.78 Å². The van der Waals surface area contributed by atoms with Crippen LogP contribution >= 0.6 is 27.5 Å². The summed E-state index contributed by atoms with van der Waals surface area (Å²) in [5, 5.41) is 8.58. The Morgan fingerprint density at radius 3 is 2.69 bits per heavy atom. The summed E-state index contributed by atoms with van der Waals surface area (Å²) in [6.45, 7) is 0. The second-order valence-electron chi connectivity index (χ2n) is 2.95. The van der Waals surface area contributed by atoms with Crippen molar-refractivity contribution in [2.45, 2.75) is 18.7 Å². The third-order valence-corrected chi connectivity index (χ3v) is 2.88. The van der Waals surface area contributed by atoms with E-state index in [-0.39, 0.29) is 17.1 Å². The standard InChI is InChI=1S/C9H7BrClF2NO2/c10-5-3-14-6(1-7(15)16)8(9(12)13)4(5)2-11/h3,9H,1-2H2,(H,15,16). The number of rotatable bonds is 4. The smallest absolute Gasteiger partial charge is 0.309 e. The minimum Gasteiger partial charge on any atom is -0.481 e. The van der Waals surface area contributed by atoms with Crippen molar-refractivity contribution >= 4 is 33.5 Å². The van der Waals surface area contributed by atoms with Crippen LogP contribution in [0.25, 0.3) is 0 Å². The SMILES string of the molecule is O=C(O)Cc1ncc(Br)c(CCl)c1C(F)F. The molecule has 3 nitrogen and oxygen atoms in total. The third-order valence-electron chi connectivity index (χ3n) is 1.93. The first-order chi connectivity index (χ1) is 7.47. The molecule has 1 aromatic rings. The summed E-state index contributed by atoms with van der Waals surface area (Å²) in [6, 6.07) is 0. The largest absolute Gasteiger partial charge is 0.481 e. The number of carboxylic acids is 1. The lowest BCUT2D eigenvalue weighted by atomic mass is 10.1. The molecule has 0 bridgehead atoms. The number of carbonyl (C=O) groups is 1. The highest BCUT2D eigenvalue weighted by molar-refractivity contribution is 9.10. The van der Waals surface area contributed by atoms with E-state index < -0.39 is 24.4 Å². The fourth-order valence-electron chi connectivity index (χ4n) is 1.26. The zero-order valence-corrected chi connectivity index (χ0v) is 10.2. The van der Waals surface area contributed by atoms with Crippen molar-refractivity contribution in [3.8, 4) is 0 Å². The van der Waals surface area contributed by atoms with Crippen molar-refractivity contribution in [3.05, 3.63) is 27.5 Å². The molecule has 0 saturated heterocycles. The first-order valence-electron chi connectivity index (χ1n) is 4.19. The van der Waals surface area contributed by atoms with E-state index in [0.29, 0.717) is 4.47 Å². The van der Waals surface area contributed by atoms with Gasteiger partial charge in [0.05, 0.1) is 12.1 Å². The monoisotopic (exact) mass is 313 g/mol. The number of hydrogen-bond donors (Lipinski definition) is 1.